The molecule has 1 aliphatic rings. The van der Waals surface area contributed by atoms with Crippen molar-refractivity contribution < 1.29 is 14.5 Å². The third-order valence-electron chi connectivity index (χ3n) is 5.90. The monoisotopic (exact) mass is 624 g/mol. The van der Waals surface area contributed by atoms with Crippen LogP contribution in [-0.4, -0.2) is 41.9 Å². The average molecular weight is 626 g/mol. The van der Waals surface area contributed by atoms with E-state index in [0.717, 1.165) is 11.3 Å². The minimum absolute atomic E-state index is 0.0168. The Morgan fingerprint density at radius 2 is 1.65 bits per heavy atom. The van der Waals surface area contributed by atoms with E-state index in [1.54, 1.807) is 35.2 Å². The molecule has 0 aromatic heterocycles. The van der Waals surface area contributed by atoms with Crippen LogP contribution in [0.15, 0.2) is 81.2 Å². The number of non-ortho nitro benzene ring substituents is 1. The number of benzene rings is 3. The zero-order chi connectivity index (χ0) is 26.4. The highest BCUT2D eigenvalue weighted by atomic mass is 79.9. The fourth-order valence-electron chi connectivity index (χ4n) is 3.96. The van der Waals surface area contributed by atoms with Crippen LogP contribution in [-0.2, 0) is 11.4 Å². The molecule has 1 aliphatic heterocycles. The van der Waals surface area contributed by atoms with Gasteiger partial charge in [0.1, 0.15) is 24.0 Å². The highest BCUT2D eigenvalue weighted by Crippen LogP contribution is 2.36. The van der Waals surface area contributed by atoms with Crippen LogP contribution < -0.4 is 9.64 Å². The molecule has 3 aromatic carbocycles. The molecule has 188 valence electrons. The van der Waals surface area contributed by atoms with E-state index in [0.29, 0.717) is 46.4 Å². The van der Waals surface area contributed by atoms with Gasteiger partial charge in [0.2, 0.25) is 0 Å². The van der Waals surface area contributed by atoms with Gasteiger partial charge in [0.25, 0.3) is 11.6 Å². The Balaban J connectivity index is 1.42. The molecule has 0 spiro atoms. The minimum atomic E-state index is -0.449. The summed E-state index contributed by atoms with van der Waals surface area (Å²) in [6.45, 7) is 2.69. The number of hydrogen-bond acceptors (Lipinski definition) is 6. The van der Waals surface area contributed by atoms with Crippen molar-refractivity contribution in [3.63, 3.8) is 0 Å². The summed E-state index contributed by atoms with van der Waals surface area (Å²) >= 11 is 7.00. The van der Waals surface area contributed by atoms with Crippen LogP contribution in [0.25, 0.3) is 6.08 Å². The number of para-hydroxylation sites is 1. The van der Waals surface area contributed by atoms with Crippen LogP contribution in [0.5, 0.6) is 5.75 Å². The number of amides is 1. The van der Waals surface area contributed by atoms with Gasteiger partial charge in [-0.1, -0.05) is 18.2 Å². The fraction of sp³-hybridized carbons (Fsp3) is 0.185. The lowest BCUT2D eigenvalue weighted by Crippen LogP contribution is -2.49. The molecule has 8 nitrogen and oxygen atoms in total. The molecule has 1 fully saturated rings. The van der Waals surface area contributed by atoms with E-state index in [1.807, 2.05) is 36.4 Å². The quantitative estimate of drug-likeness (QED) is 0.139. The zero-order valence-electron chi connectivity index (χ0n) is 19.6. The first-order valence-corrected chi connectivity index (χ1v) is 13.0. The number of piperazine rings is 1. The molecule has 3 aromatic rings. The summed E-state index contributed by atoms with van der Waals surface area (Å²) in [4.78, 5) is 27.4. The number of carbonyl (C=O) groups excluding carboxylic acids is 1. The summed E-state index contributed by atoms with van der Waals surface area (Å²) < 4.78 is 7.17. The molecule has 0 atom stereocenters. The molecule has 1 heterocycles. The Kier molecular flexibility index (Phi) is 8.58. The number of rotatable bonds is 7. The van der Waals surface area contributed by atoms with Gasteiger partial charge in [-0.15, -0.1) is 0 Å². The summed E-state index contributed by atoms with van der Waals surface area (Å²) in [7, 11) is 0. The van der Waals surface area contributed by atoms with E-state index in [4.69, 9.17) is 4.74 Å². The van der Waals surface area contributed by atoms with E-state index in [1.165, 1.54) is 12.1 Å². The first kappa shape index (κ1) is 26.4. The third-order valence-corrected chi connectivity index (χ3v) is 7.08. The number of ether oxygens (including phenoxy) is 1. The normalized spacial score (nSPS) is 13.7. The maximum atomic E-state index is 13.1. The Morgan fingerprint density at radius 3 is 2.22 bits per heavy atom. The van der Waals surface area contributed by atoms with Crippen molar-refractivity contribution in [3.8, 4) is 11.8 Å². The van der Waals surface area contributed by atoms with Crippen molar-refractivity contribution in [1.29, 1.82) is 5.26 Å². The molecule has 10 heteroatoms. The molecular formula is C27H22Br2N4O4. The van der Waals surface area contributed by atoms with Crippen molar-refractivity contribution in [2.45, 2.75) is 6.61 Å². The third kappa shape index (κ3) is 6.56. The lowest BCUT2D eigenvalue weighted by Gasteiger charge is -2.36. The van der Waals surface area contributed by atoms with Gasteiger partial charge in [-0.2, -0.15) is 5.26 Å². The second kappa shape index (κ2) is 12.0. The van der Waals surface area contributed by atoms with Gasteiger partial charge in [-0.05, 0) is 85.5 Å². The van der Waals surface area contributed by atoms with E-state index in [-0.39, 0.29) is 23.8 Å². The molecule has 1 saturated heterocycles. The molecule has 37 heavy (non-hydrogen) atoms. The Labute approximate surface area is 231 Å². The highest BCUT2D eigenvalue weighted by Gasteiger charge is 2.24. The maximum Gasteiger partial charge on any atom is 0.269 e. The standard InChI is InChI=1S/C27H22Br2N4O4/c28-24-15-20(16-25(29)26(24)37-18-19-6-8-23(9-7-19)33(35)36)14-21(17-30)27(34)32-12-10-31(11-13-32)22-4-2-1-3-5-22/h1-9,14-16H,10-13,18H2/b21-14-. The molecule has 0 N–H and O–H groups in total. The summed E-state index contributed by atoms with van der Waals surface area (Å²) in [5.41, 5.74) is 2.64. The molecule has 1 amide bonds. The van der Waals surface area contributed by atoms with E-state index in [9.17, 15) is 20.2 Å². The molecule has 0 bridgehead atoms. The lowest BCUT2D eigenvalue weighted by atomic mass is 10.1. The largest absolute Gasteiger partial charge is 0.487 e. The van der Waals surface area contributed by atoms with Crippen molar-refractivity contribution >= 4 is 55.2 Å². The number of nitro groups is 1. The SMILES string of the molecule is N#C/C(=C/c1cc(Br)c(OCc2ccc([N+](=O)[O-])cc2)c(Br)c1)C(=O)N1CCN(c2ccccc2)CC1. The minimum Gasteiger partial charge on any atom is -0.487 e. The summed E-state index contributed by atoms with van der Waals surface area (Å²) in [6.07, 6.45) is 1.57. The van der Waals surface area contributed by atoms with Crippen molar-refractivity contribution in [1.82, 2.24) is 4.90 Å². The lowest BCUT2D eigenvalue weighted by molar-refractivity contribution is -0.384. The first-order valence-electron chi connectivity index (χ1n) is 11.4. The van der Waals surface area contributed by atoms with Crippen LogP contribution in [0, 0.1) is 21.4 Å². The number of carbonyl (C=O) groups is 1. The molecule has 0 aliphatic carbocycles. The van der Waals surface area contributed by atoms with E-state index >= 15 is 0 Å². The number of nitro benzene ring substituents is 1. The van der Waals surface area contributed by atoms with Crippen LogP contribution in [0.1, 0.15) is 11.1 Å². The summed E-state index contributed by atoms with van der Waals surface area (Å²) in [6, 6.07) is 21.8. The van der Waals surface area contributed by atoms with Crippen LogP contribution in [0.3, 0.4) is 0 Å². The van der Waals surface area contributed by atoms with Gasteiger partial charge in [0.05, 0.1) is 13.9 Å². The number of nitrogens with zero attached hydrogens (tertiary/aromatic N) is 4. The van der Waals surface area contributed by atoms with Gasteiger partial charge >= 0.3 is 0 Å². The van der Waals surface area contributed by atoms with Gasteiger partial charge in [-0.3, -0.25) is 14.9 Å². The number of nitriles is 1. The Bertz CT molecular complexity index is 1340. The van der Waals surface area contributed by atoms with Crippen LogP contribution >= 0.6 is 31.9 Å². The Morgan fingerprint density at radius 1 is 1.03 bits per heavy atom. The number of anilines is 1. The van der Waals surface area contributed by atoms with Crippen LogP contribution in [0.4, 0.5) is 11.4 Å². The highest BCUT2D eigenvalue weighted by molar-refractivity contribution is 9.11. The van der Waals surface area contributed by atoms with Gasteiger partial charge in [-0.25, -0.2) is 0 Å². The second-order valence-electron chi connectivity index (χ2n) is 8.31. The predicted octanol–water partition coefficient (Wildman–Crippen LogP) is 5.95. The van der Waals surface area contributed by atoms with Crippen LogP contribution in [0.2, 0.25) is 0 Å². The topological polar surface area (TPSA) is 99.7 Å². The first-order chi connectivity index (χ1) is 17.9. The molecular weight excluding hydrogens is 604 g/mol. The van der Waals surface area contributed by atoms with Crippen molar-refractivity contribution in [2.24, 2.45) is 0 Å². The van der Waals surface area contributed by atoms with Crippen molar-refractivity contribution in [3.05, 3.63) is 102 Å². The average Bonchev–Trinajstić information content (AvgIpc) is 2.91. The number of hydrogen-bond donors (Lipinski definition) is 0. The van der Waals surface area contributed by atoms with Gasteiger partial charge in [0.15, 0.2) is 0 Å². The Hall–Kier alpha value is -3.68. The summed E-state index contributed by atoms with van der Waals surface area (Å²) in [5, 5.41) is 20.5. The smallest absolute Gasteiger partial charge is 0.269 e. The van der Waals surface area contributed by atoms with E-state index in [2.05, 4.69) is 36.8 Å². The predicted molar refractivity (Wildman–Crippen MR) is 148 cm³/mol. The van der Waals surface area contributed by atoms with Gasteiger partial charge in [0, 0.05) is 44.0 Å². The molecule has 0 saturated carbocycles. The summed E-state index contributed by atoms with van der Waals surface area (Å²) in [5.74, 6) is 0.248. The van der Waals surface area contributed by atoms with Gasteiger partial charge < -0.3 is 14.5 Å². The van der Waals surface area contributed by atoms with E-state index < -0.39 is 4.92 Å². The molecule has 0 radical (unpaired) electrons. The zero-order valence-corrected chi connectivity index (χ0v) is 22.8. The second-order valence-corrected chi connectivity index (χ2v) is 10.0. The molecule has 0 unspecified atom stereocenters. The maximum absolute atomic E-state index is 13.1. The fourth-order valence-corrected chi connectivity index (χ4v) is 5.41. The molecule has 4 rings (SSSR count). The van der Waals surface area contributed by atoms with Crippen molar-refractivity contribution in [2.75, 3.05) is 31.1 Å². The number of halogens is 2.